The average molecular weight is 316 g/mol. The van der Waals surface area contributed by atoms with E-state index in [1.807, 2.05) is 18.2 Å². The molecular weight excluding hydrogens is 300 g/mol. The SMILES string of the molecule is Clc1ccc(Br)c(NC2CCN(C3CC3)C2)c1. The first kappa shape index (κ1) is 11.8. The third-order valence-electron chi connectivity index (χ3n) is 3.57. The molecule has 92 valence electrons. The summed E-state index contributed by atoms with van der Waals surface area (Å²) in [5.41, 5.74) is 1.11. The molecule has 3 rings (SSSR count). The Hall–Kier alpha value is -0.250. The van der Waals surface area contributed by atoms with Gasteiger partial charge in [0.15, 0.2) is 0 Å². The Morgan fingerprint density at radius 3 is 2.88 bits per heavy atom. The highest BCUT2D eigenvalue weighted by molar-refractivity contribution is 9.10. The van der Waals surface area contributed by atoms with Crippen LogP contribution in [0.15, 0.2) is 22.7 Å². The molecule has 4 heteroatoms. The van der Waals surface area contributed by atoms with Crippen LogP contribution < -0.4 is 5.32 Å². The highest BCUT2D eigenvalue weighted by Crippen LogP contribution is 2.32. The highest BCUT2D eigenvalue weighted by atomic mass is 79.9. The second-order valence-corrected chi connectivity index (χ2v) is 6.27. The molecule has 1 N–H and O–H groups in total. The van der Waals surface area contributed by atoms with Crippen molar-refractivity contribution in [2.45, 2.75) is 31.3 Å². The fourth-order valence-corrected chi connectivity index (χ4v) is 3.04. The Labute approximate surface area is 115 Å². The van der Waals surface area contributed by atoms with Crippen LogP contribution in [0.3, 0.4) is 0 Å². The number of anilines is 1. The number of likely N-dealkylation sites (tertiary alicyclic amines) is 1. The number of benzene rings is 1. The van der Waals surface area contributed by atoms with Crippen molar-refractivity contribution < 1.29 is 0 Å². The lowest BCUT2D eigenvalue weighted by Crippen LogP contribution is -2.27. The first-order chi connectivity index (χ1) is 8.22. The summed E-state index contributed by atoms with van der Waals surface area (Å²) in [6.07, 6.45) is 4.02. The van der Waals surface area contributed by atoms with Gasteiger partial charge in [0.2, 0.25) is 0 Å². The number of hydrogen-bond acceptors (Lipinski definition) is 2. The van der Waals surface area contributed by atoms with Crippen LogP contribution in [0.25, 0.3) is 0 Å². The van der Waals surface area contributed by atoms with E-state index in [1.54, 1.807) is 0 Å². The Kier molecular flexibility index (Phi) is 3.33. The molecule has 0 spiro atoms. The van der Waals surface area contributed by atoms with Crippen LogP contribution in [0.1, 0.15) is 19.3 Å². The van der Waals surface area contributed by atoms with Crippen LogP contribution in [-0.2, 0) is 0 Å². The van der Waals surface area contributed by atoms with Gasteiger partial charge in [-0.15, -0.1) is 0 Å². The number of rotatable bonds is 3. The predicted octanol–water partition coefficient (Wildman–Crippen LogP) is 3.75. The van der Waals surface area contributed by atoms with E-state index in [9.17, 15) is 0 Å². The highest BCUT2D eigenvalue weighted by Gasteiger charge is 2.34. The molecular formula is C13H16BrClN2. The summed E-state index contributed by atoms with van der Waals surface area (Å²) >= 11 is 9.58. The molecule has 1 aromatic carbocycles. The van der Waals surface area contributed by atoms with Gasteiger partial charge in [-0.25, -0.2) is 0 Å². The second-order valence-electron chi connectivity index (χ2n) is 4.98. The summed E-state index contributed by atoms with van der Waals surface area (Å²) < 4.78 is 1.09. The lowest BCUT2D eigenvalue weighted by molar-refractivity contribution is 0.326. The molecule has 2 fully saturated rings. The summed E-state index contributed by atoms with van der Waals surface area (Å²) in [4.78, 5) is 2.61. The van der Waals surface area contributed by atoms with E-state index in [2.05, 4.69) is 26.1 Å². The Morgan fingerprint density at radius 2 is 2.12 bits per heavy atom. The molecule has 1 saturated carbocycles. The van der Waals surface area contributed by atoms with Crippen LogP contribution in [0.2, 0.25) is 5.02 Å². The zero-order valence-corrected chi connectivity index (χ0v) is 12.0. The Bertz CT molecular complexity index is 420. The van der Waals surface area contributed by atoms with Gasteiger partial charge in [-0.1, -0.05) is 11.6 Å². The molecule has 1 heterocycles. The zero-order valence-electron chi connectivity index (χ0n) is 9.63. The van der Waals surface area contributed by atoms with Crippen molar-refractivity contribution in [3.8, 4) is 0 Å². The molecule has 1 atom stereocenters. The maximum absolute atomic E-state index is 6.02. The molecule has 1 saturated heterocycles. The van der Waals surface area contributed by atoms with Gasteiger partial charge >= 0.3 is 0 Å². The number of nitrogens with one attached hydrogen (secondary N) is 1. The number of hydrogen-bond donors (Lipinski definition) is 1. The molecule has 0 amide bonds. The number of halogens is 2. The van der Waals surface area contributed by atoms with Gasteiger partial charge in [0, 0.05) is 34.7 Å². The van der Waals surface area contributed by atoms with Gasteiger partial charge in [-0.05, 0) is 53.4 Å². The van der Waals surface area contributed by atoms with Crippen molar-refractivity contribution in [1.29, 1.82) is 0 Å². The lowest BCUT2D eigenvalue weighted by Gasteiger charge is -2.17. The fraction of sp³-hybridized carbons (Fsp3) is 0.538. The summed E-state index contributed by atoms with van der Waals surface area (Å²) in [5, 5.41) is 4.37. The third-order valence-corrected chi connectivity index (χ3v) is 4.50. The molecule has 1 aliphatic heterocycles. The molecule has 17 heavy (non-hydrogen) atoms. The van der Waals surface area contributed by atoms with E-state index in [1.165, 1.54) is 32.4 Å². The van der Waals surface area contributed by atoms with Crippen molar-refractivity contribution in [3.63, 3.8) is 0 Å². The normalized spacial score (nSPS) is 25.2. The van der Waals surface area contributed by atoms with E-state index >= 15 is 0 Å². The van der Waals surface area contributed by atoms with Gasteiger partial charge in [-0.3, -0.25) is 4.90 Å². The molecule has 0 bridgehead atoms. The Balaban J connectivity index is 1.64. The van der Waals surface area contributed by atoms with Crippen molar-refractivity contribution in [2.75, 3.05) is 18.4 Å². The smallest absolute Gasteiger partial charge is 0.0502 e. The van der Waals surface area contributed by atoms with Gasteiger partial charge in [0.05, 0.1) is 5.69 Å². The molecule has 0 aromatic heterocycles. The summed E-state index contributed by atoms with van der Waals surface area (Å²) in [6, 6.07) is 7.33. The average Bonchev–Trinajstić information content (AvgIpc) is 3.05. The summed E-state index contributed by atoms with van der Waals surface area (Å²) in [5.74, 6) is 0. The third kappa shape index (κ3) is 2.78. The fourth-order valence-electron chi connectivity index (χ4n) is 2.50. The van der Waals surface area contributed by atoms with Crippen molar-refractivity contribution >= 4 is 33.2 Å². The van der Waals surface area contributed by atoms with Crippen molar-refractivity contribution in [1.82, 2.24) is 4.90 Å². The van der Waals surface area contributed by atoms with Gasteiger partial charge in [0.25, 0.3) is 0 Å². The second kappa shape index (κ2) is 4.79. The predicted molar refractivity (Wildman–Crippen MR) is 75.8 cm³/mol. The Morgan fingerprint density at radius 1 is 1.29 bits per heavy atom. The molecule has 1 aromatic rings. The zero-order chi connectivity index (χ0) is 11.8. The quantitative estimate of drug-likeness (QED) is 0.914. The van der Waals surface area contributed by atoms with E-state index in [4.69, 9.17) is 11.6 Å². The minimum Gasteiger partial charge on any atom is -0.380 e. The van der Waals surface area contributed by atoms with E-state index in [0.29, 0.717) is 6.04 Å². The summed E-state index contributed by atoms with van der Waals surface area (Å²) in [6.45, 7) is 2.41. The van der Waals surface area contributed by atoms with Gasteiger partial charge < -0.3 is 5.32 Å². The van der Waals surface area contributed by atoms with Crippen LogP contribution in [0.5, 0.6) is 0 Å². The molecule has 2 aliphatic rings. The van der Waals surface area contributed by atoms with Crippen LogP contribution >= 0.6 is 27.5 Å². The summed E-state index contributed by atoms with van der Waals surface area (Å²) in [7, 11) is 0. The maximum atomic E-state index is 6.02. The monoisotopic (exact) mass is 314 g/mol. The minimum atomic E-state index is 0.561. The van der Waals surface area contributed by atoms with E-state index in [0.717, 1.165) is 21.2 Å². The molecule has 1 unspecified atom stereocenters. The largest absolute Gasteiger partial charge is 0.380 e. The lowest BCUT2D eigenvalue weighted by atomic mass is 10.2. The van der Waals surface area contributed by atoms with Gasteiger partial charge in [0.1, 0.15) is 0 Å². The molecule has 0 radical (unpaired) electrons. The first-order valence-corrected chi connectivity index (χ1v) is 7.35. The minimum absolute atomic E-state index is 0.561. The van der Waals surface area contributed by atoms with Crippen LogP contribution in [-0.4, -0.2) is 30.1 Å². The molecule has 1 aliphatic carbocycles. The topological polar surface area (TPSA) is 15.3 Å². The van der Waals surface area contributed by atoms with E-state index in [-0.39, 0.29) is 0 Å². The van der Waals surface area contributed by atoms with Gasteiger partial charge in [-0.2, -0.15) is 0 Å². The van der Waals surface area contributed by atoms with Crippen LogP contribution in [0.4, 0.5) is 5.69 Å². The number of nitrogens with zero attached hydrogens (tertiary/aromatic N) is 1. The maximum Gasteiger partial charge on any atom is 0.0502 e. The van der Waals surface area contributed by atoms with Crippen molar-refractivity contribution in [3.05, 3.63) is 27.7 Å². The standard InChI is InChI=1S/C13H16BrClN2/c14-12-4-1-9(15)7-13(12)16-10-5-6-17(8-10)11-2-3-11/h1,4,7,10-11,16H,2-3,5-6,8H2. The first-order valence-electron chi connectivity index (χ1n) is 6.18. The van der Waals surface area contributed by atoms with Crippen LogP contribution in [0, 0.1) is 0 Å². The van der Waals surface area contributed by atoms with Crippen molar-refractivity contribution in [2.24, 2.45) is 0 Å². The van der Waals surface area contributed by atoms with E-state index < -0.39 is 0 Å². The molecule has 2 nitrogen and oxygen atoms in total.